The van der Waals surface area contributed by atoms with E-state index < -0.39 is 17.5 Å². The van der Waals surface area contributed by atoms with Crippen molar-refractivity contribution in [3.8, 4) is 0 Å². The third kappa shape index (κ3) is 4.26. The summed E-state index contributed by atoms with van der Waals surface area (Å²) in [6.45, 7) is 3.12. The Labute approximate surface area is 163 Å². The van der Waals surface area contributed by atoms with Crippen LogP contribution in [0.25, 0.3) is 0 Å². The molecule has 1 aromatic carbocycles. The average Bonchev–Trinajstić information content (AvgIpc) is 3.08. The molecule has 3 rings (SSSR count). The summed E-state index contributed by atoms with van der Waals surface area (Å²) in [6, 6.07) is 6.33. The Morgan fingerprint density at radius 2 is 2.07 bits per heavy atom. The smallest absolute Gasteiger partial charge is 0.410 e. The van der Waals surface area contributed by atoms with E-state index >= 15 is 0 Å². The number of esters is 1. The Kier molecular flexibility index (Phi) is 6.16. The fourth-order valence-electron chi connectivity index (χ4n) is 3.85. The van der Waals surface area contributed by atoms with Gasteiger partial charge in [0, 0.05) is 13.1 Å². The normalized spacial score (nSPS) is 22.1. The Bertz CT molecular complexity index is 756. The number of cyclic esters (lactones) is 1. The highest BCUT2D eigenvalue weighted by atomic mass is 19.1. The van der Waals surface area contributed by atoms with Gasteiger partial charge in [0.1, 0.15) is 19.0 Å². The van der Waals surface area contributed by atoms with Crippen LogP contribution < -0.4 is 0 Å². The van der Waals surface area contributed by atoms with Gasteiger partial charge in [-0.05, 0) is 37.8 Å². The zero-order chi connectivity index (χ0) is 20.1. The fourth-order valence-corrected chi connectivity index (χ4v) is 3.85. The molecular weight excluding hydrogens is 367 g/mol. The van der Waals surface area contributed by atoms with Gasteiger partial charge >= 0.3 is 12.1 Å². The zero-order valence-corrected chi connectivity index (χ0v) is 16.0. The quantitative estimate of drug-likeness (QED) is 0.692. The molecule has 152 valence electrons. The molecule has 1 aromatic rings. The molecule has 0 aliphatic carbocycles. The van der Waals surface area contributed by atoms with Crippen LogP contribution in [0.5, 0.6) is 0 Å². The second-order valence-electron chi connectivity index (χ2n) is 7.22. The van der Waals surface area contributed by atoms with Crippen molar-refractivity contribution in [2.24, 2.45) is 5.41 Å². The monoisotopic (exact) mass is 392 g/mol. The number of hydrogen-bond acceptors (Lipinski definition) is 5. The highest BCUT2D eigenvalue weighted by Crippen LogP contribution is 2.36. The number of amides is 2. The summed E-state index contributed by atoms with van der Waals surface area (Å²) in [5.41, 5.74) is -0.578. The van der Waals surface area contributed by atoms with Gasteiger partial charge in [0.15, 0.2) is 0 Å². The Morgan fingerprint density at radius 3 is 2.75 bits per heavy atom. The minimum Gasteiger partial charge on any atom is -0.466 e. The van der Waals surface area contributed by atoms with Crippen LogP contribution >= 0.6 is 0 Å². The van der Waals surface area contributed by atoms with Crippen molar-refractivity contribution in [2.75, 3.05) is 39.4 Å². The lowest BCUT2D eigenvalue weighted by Crippen LogP contribution is -2.53. The van der Waals surface area contributed by atoms with Crippen LogP contribution in [0.4, 0.5) is 9.18 Å². The Morgan fingerprint density at radius 1 is 1.29 bits per heavy atom. The number of piperidine rings is 1. The van der Waals surface area contributed by atoms with E-state index in [9.17, 15) is 18.8 Å². The molecule has 2 fully saturated rings. The molecule has 7 nitrogen and oxygen atoms in total. The summed E-state index contributed by atoms with van der Waals surface area (Å²) in [4.78, 5) is 40.1. The SMILES string of the molecule is CCOC(=O)[C@@]1(Cc2ccccc2F)CCCN(C(=O)CN2CCOC2=O)C1. The summed E-state index contributed by atoms with van der Waals surface area (Å²) in [5.74, 6) is -1.05. The van der Waals surface area contributed by atoms with Crippen molar-refractivity contribution in [1.82, 2.24) is 9.80 Å². The molecule has 0 aromatic heterocycles. The number of carbonyl (C=O) groups excluding carboxylic acids is 3. The van der Waals surface area contributed by atoms with Crippen LogP contribution in [-0.2, 0) is 25.5 Å². The van der Waals surface area contributed by atoms with Crippen molar-refractivity contribution < 1.29 is 28.2 Å². The minimum absolute atomic E-state index is 0.0859. The molecule has 8 heteroatoms. The third-order valence-corrected chi connectivity index (χ3v) is 5.30. The maximum absolute atomic E-state index is 14.2. The summed E-state index contributed by atoms with van der Waals surface area (Å²) in [6.07, 6.45) is 0.765. The van der Waals surface area contributed by atoms with Gasteiger partial charge in [-0.1, -0.05) is 18.2 Å². The predicted octanol–water partition coefficient (Wildman–Crippen LogP) is 1.99. The number of ether oxygens (including phenoxy) is 2. The van der Waals surface area contributed by atoms with E-state index in [0.717, 1.165) is 0 Å². The van der Waals surface area contributed by atoms with Gasteiger partial charge in [-0.25, -0.2) is 9.18 Å². The topological polar surface area (TPSA) is 76.2 Å². The van der Waals surface area contributed by atoms with Crippen LogP contribution in [0.1, 0.15) is 25.3 Å². The summed E-state index contributed by atoms with van der Waals surface area (Å²) in [7, 11) is 0. The molecule has 0 N–H and O–H groups in total. The largest absolute Gasteiger partial charge is 0.466 e. The van der Waals surface area contributed by atoms with Crippen molar-refractivity contribution >= 4 is 18.0 Å². The van der Waals surface area contributed by atoms with Crippen LogP contribution in [-0.4, -0.2) is 67.2 Å². The lowest BCUT2D eigenvalue weighted by molar-refractivity contribution is -0.161. The highest BCUT2D eigenvalue weighted by molar-refractivity contribution is 5.84. The minimum atomic E-state index is -1.00. The van der Waals surface area contributed by atoms with E-state index in [0.29, 0.717) is 31.5 Å². The van der Waals surface area contributed by atoms with E-state index in [2.05, 4.69) is 0 Å². The molecule has 2 heterocycles. The number of nitrogens with zero attached hydrogens (tertiary/aromatic N) is 2. The molecule has 2 saturated heterocycles. The first-order chi connectivity index (χ1) is 13.4. The summed E-state index contributed by atoms with van der Waals surface area (Å²) in [5, 5.41) is 0. The maximum Gasteiger partial charge on any atom is 0.410 e. The molecule has 2 aliphatic heterocycles. The van der Waals surface area contributed by atoms with Crippen molar-refractivity contribution in [2.45, 2.75) is 26.2 Å². The van der Waals surface area contributed by atoms with Gasteiger partial charge in [0.05, 0.1) is 18.6 Å². The van der Waals surface area contributed by atoms with Gasteiger partial charge in [-0.15, -0.1) is 0 Å². The first kappa shape index (κ1) is 20.1. The van der Waals surface area contributed by atoms with Crippen LogP contribution in [0.15, 0.2) is 24.3 Å². The molecule has 2 aliphatic rings. The van der Waals surface area contributed by atoms with Gasteiger partial charge in [0.2, 0.25) is 5.91 Å². The number of hydrogen-bond donors (Lipinski definition) is 0. The molecule has 0 bridgehead atoms. The standard InChI is InChI=1S/C20H25FN2O5/c1-2-27-18(25)20(12-15-6-3-4-7-16(15)21)8-5-9-23(14-20)17(24)13-22-10-11-28-19(22)26/h3-4,6-7H,2,5,8-14H2,1H3/t20-/m1/s1. The van der Waals surface area contributed by atoms with Gasteiger partial charge in [-0.3, -0.25) is 14.5 Å². The molecule has 2 amide bonds. The first-order valence-corrected chi connectivity index (χ1v) is 9.55. The molecule has 0 spiro atoms. The first-order valence-electron chi connectivity index (χ1n) is 9.55. The van der Waals surface area contributed by atoms with Crippen molar-refractivity contribution in [3.05, 3.63) is 35.6 Å². The number of carbonyl (C=O) groups is 3. The molecule has 0 unspecified atom stereocenters. The number of rotatable bonds is 6. The highest BCUT2D eigenvalue weighted by Gasteiger charge is 2.45. The van der Waals surface area contributed by atoms with E-state index in [4.69, 9.17) is 9.47 Å². The maximum atomic E-state index is 14.2. The summed E-state index contributed by atoms with van der Waals surface area (Å²) >= 11 is 0. The van der Waals surface area contributed by atoms with Gasteiger partial charge in [-0.2, -0.15) is 0 Å². The molecule has 28 heavy (non-hydrogen) atoms. The number of benzene rings is 1. The lowest BCUT2D eigenvalue weighted by atomic mass is 9.75. The van der Waals surface area contributed by atoms with E-state index in [1.165, 1.54) is 11.0 Å². The molecular formula is C20H25FN2O5. The van der Waals surface area contributed by atoms with Gasteiger partial charge < -0.3 is 14.4 Å². The second-order valence-corrected chi connectivity index (χ2v) is 7.22. The Hall–Kier alpha value is -2.64. The Balaban J connectivity index is 1.79. The second kappa shape index (κ2) is 8.58. The van der Waals surface area contributed by atoms with Crippen LogP contribution in [0.3, 0.4) is 0 Å². The van der Waals surface area contributed by atoms with Crippen molar-refractivity contribution in [3.63, 3.8) is 0 Å². The number of likely N-dealkylation sites (tertiary alicyclic amines) is 1. The lowest BCUT2D eigenvalue weighted by Gasteiger charge is -2.41. The average molecular weight is 392 g/mol. The van der Waals surface area contributed by atoms with Crippen molar-refractivity contribution in [1.29, 1.82) is 0 Å². The summed E-state index contributed by atoms with van der Waals surface area (Å²) < 4.78 is 24.4. The molecule has 0 saturated carbocycles. The predicted molar refractivity (Wildman–Crippen MR) is 97.9 cm³/mol. The van der Waals surface area contributed by atoms with Gasteiger partial charge in [0.25, 0.3) is 0 Å². The van der Waals surface area contributed by atoms with E-state index in [1.54, 1.807) is 30.0 Å². The zero-order valence-electron chi connectivity index (χ0n) is 16.0. The van der Waals surface area contributed by atoms with Crippen LogP contribution in [0, 0.1) is 11.2 Å². The van der Waals surface area contributed by atoms with Crippen LogP contribution in [0.2, 0.25) is 0 Å². The number of halogens is 1. The molecule has 1 atom stereocenters. The third-order valence-electron chi connectivity index (χ3n) is 5.30. The fraction of sp³-hybridized carbons (Fsp3) is 0.550. The van der Waals surface area contributed by atoms with E-state index in [1.807, 2.05) is 0 Å². The van der Waals surface area contributed by atoms with E-state index in [-0.39, 0.29) is 44.4 Å². The molecule has 0 radical (unpaired) electrons.